The van der Waals surface area contributed by atoms with Crippen molar-refractivity contribution in [1.29, 1.82) is 0 Å². The van der Waals surface area contributed by atoms with E-state index < -0.39 is 10.8 Å². The van der Waals surface area contributed by atoms with Crippen LogP contribution in [0.1, 0.15) is 12.8 Å². The first-order valence-corrected chi connectivity index (χ1v) is 6.98. The van der Waals surface area contributed by atoms with E-state index in [1.807, 2.05) is 0 Å². The summed E-state index contributed by atoms with van der Waals surface area (Å²) in [6.45, 7) is 0. The molecular weight excluding hydrogens is 260 g/mol. The molecule has 0 aliphatic heterocycles. The van der Waals surface area contributed by atoms with Crippen LogP contribution in [0.25, 0.3) is 0 Å². The first-order chi connectivity index (χ1) is 8.06. The van der Waals surface area contributed by atoms with Gasteiger partial charge in [0, 0.05) is 10.9 Å². The Bertz CT molecular complexity index is 475. The maximum Gasteiger partial charge on any atom is 0.233 e. The molecule has 1 aliphatic carbocycles. The lowest BCUT2D eigenvalue weighted by atomic mass is 10.3. The topological polar surface area (TPSA) is 72.2 Å². The second kappa shape index (κ2) is 5.06. The molecule has 3 N–H and O–H groups in total. The van der Waals surface area contributed by atoms with Gasteiger partial charge in [-0.25, -0.2) is 0 Å². The third kappa shape index (κ3) is 3.44. The van der Waals surface area contributed by atoms with E-state index in [2.05, 4.69) is 5.32 Å². The molecule has 0 heterocycles. The number of anilines is 1. The van der Waals surface area contributed by atoms with Crippen molar-refractivity contribution < 1.29 is 9.00 Å². The maximum absolute atomic E-state index is 11.9. The van der Waals surface area contributed by atoms with Crippen LogP contribution in [0.15, 0.2) is 23.1 Å². The second-order valence-corrected chi connectivity index (χ2v) is 5.87. The van der Waals surface area contributed by atoms with Crippen molar-refractivity contribution in [3.63, 3.8) is 0 Å². The van der Waals surface area contributed by atoms with E-state index in [9.17, 15) is 9.00 Å². The molecule has 0 aromatic heterocycles. The Balaban J connectivity index is 1.98. The van der Waals surface area contributed by atoms with Gasteiger partial charge in [0.15, 0.2) is 0 Å². The molecular formula is C11H13ClN2O2S. The molecule has 0 radical (unpaired) electrons. The molecule has 1 amide bonds. The van der Waals surface area contributed by atoms with Crippen molar-refractivity contribution in [1.82, 2.24) is 5.32 Å². The van der Waals surface area contributed by atoms with Gasteiger partial charge >= 0.3 is 0 Å². The fourth-order valence-electron chi connectivity index (χ4n) is 1.35. The second-order valence-electron chi connectivity index (χ2n) is 4.01. The smallest absolute Gasteiger partial charge is 0.233 e. The molecule has 1 aromatic carbocycles. The quantitative estimate of drug-likeness (QED) is 0.812. The molecule has 0 saturated heterocycles. The summed E-state index contributed by atoms with van der Waals surface area (Å²) < 4.78 is 11.9. The van der Waals surface area contributed by atoms with Gasteiger partial charge in [-0.05, 0) is 31.0 Å². The lowest BCUT2D eigenvalue weighted by molar-refractivity contribution is -0.118. The number of halogens is 1. The van der Waals surface area contributed by atoms with Crippen LogP contribution in [-0.2, 0) is 15.6 Å². The molecule has 0 spiro atoms. The maximum atomic E-state index is 11.9. The molecule has 1 fully saturated rings. The SMILES string of the molecule is Nc1ccc(S(=O)CC(=O)NC2CC2)cc1Cl. The Kier molecular flexibility index (Phi) is 3.69. The summed E-state index contributed by atoms with van der Waals surface area (Å²) in [7, 11) is -1.37. The minimum Gasteiger partial charge on any atom is -0.398 e. The van der Waals surface area contributed by atoms with Gasteiger partial charge in [0.2, 0.25) is 5.91 Å². The minimum atomic E-state index is -1.37. The van der Waals surface area contributed by atoms with Crippen LogP contribution >= 0.6 is 11.6 Å². The predicted octanol–water partition coefficient (Wildman–Crippen LogP) is 1.31. The summed E-state index contributed by atoms with van der Waals surface area (Å²) in [6.07, 6.45) is 2.04. The van der Waals surface area contributed by atoms with Gasteiger partial charge in [-0.15, -0.1) is 0 Å². The summed E-state index contributed by atoms with van der Waals surface area (Å²) >= 11 is 5.83. The zero-order chi connectivity index (χ0) is 12.4. The first kappa shape index (κ1) is 12.4. The van der Waals surface area contributed by atoms with Gasteiger partial charge in [-0.3, -0.25) is 9.00 Å². The normalized spacial score (nSPS) is 16.5. The van der Waals surface area contributed by atoms with E-state index in [1.54, 1.807) is 12.1 Å². The van der Waals surface area contributed by atoms with Gasteiger partial charge in [-0.2, -0.15) is 0 Å². The molecule has 17 heavy (non-hydrogen) atoms. The average Bonchev–Trinajstić information content (AvgIpc) is 3.05. The highest BCUT2D eigenvalue weighted by atomic mass is 35.5. The Morgan fingerprint density at radius 2 is 2.24 bits per heavy atom. The van der Waals surface area contributed by atoms with Gasteiger partial charge in [0.1, 0.15) is 5.75 Å². The van der Waals surface area contributed by atoms with Crippen molar-refractivity contribution in [2.45, 2.75) is 23.8 Å². The zero-order valence-electron chi connectivity index (χ0n) is 9.11. The molecule has 1 saturated carbocycles. The highest BCUT2D eigenvalue weighted by Crippen LogP contribution is 2.22. The average molecular weight is 273 g/mol. The number of carbonyl (C=O) groups excluding carboxylic acids is 1. The summed E-state index contributed by atoms with van der Waals surface area (Å²) in [5.74, 6) is -0.213. The number of nitrogens with one attached hydrogen (secondary N) is 1. The summed E-state index contributed by atoms with van der Waals surface area (Å²) in [4.78, 5) is 12.0. The lowest BCUT2D eigenvalue weighted by Gasteiger charge is -2.05. The molecule has 6 heteroatoms. The van der Waals surface area contributed by atoms with Crippen LogP contribution < -0.4 is 11.1 Å². The van der Waals surface area contributed by atoms with E-state index in [4.69, 9.17) is 17.3 Å². The number of hydrogen-bond donors (Lipinski definition) is 2. The molecule has 2 rings (SSSR count). The van der Waals surface area contributed by atoms with Crippen molar-refractivity contribution in [3.05, 3.63) is 23.2 Å². The first-order valence-electron chi connectivity index (χ1n) is 5.29. The number of carbonyl (C=O) groups is 1. The Hall–Kier alpha value is -1.07. The van der Waals surface area contributed by atoms with Gasteiger partial charge in [0.05, 0.1) is 21.5 Å². The van der Waals surface area contributed by atoms with Crippen LogP contribution in [0, 0.1) is 0 Å². The van der Waals surface area contributed by atoms with Crippen LogP contribution in [0.2, 0.25) is 5.02 Å². The molecule has 4 nitrogen and oxygen atoms in total. The van der Waals surface area contributed by atoms with Gasteiger partial charge in [0.25, 0.3) is 0 Å². The number of nitrogens with two attached hydrogens (primary N) is 1. The largest absolute Gasteiger partial charge is 0.398 e. The molecule has 1 aliphatic rings. The van der Waals surface area contributed by atoms with Gasteiger partial charge in [-0.1, -0.05) is 11.6 Å². The number of benzene rings is 1. The molecule has 0 bridgehead atoms. The molecule has 1 unspecified atom stereocenters. The minimum absolute atomic E-state index is 0.0310. The third-order valence-electron chi connectivity index (χ3n) is 2.44. The Morgan fingerprint density at radius 1 is 1.53 bits per heavy atom. The Morgan fingerprint density at radius 3 is 2.82 bits per heavy atom. The fraction of sp³-hybridized carbons (Fsp3) is 0.364. The van der Waals surface area contributed by atoms with Crippen molar-refractivity contribution in [2.24, 2.45) is 0 Å². The van der Waals surface area contributed by atoms with Crippen LogP contribution in [0.3, 0.4) is 0 Å². The van der Waals surface area contributed by atoms with Crippen molar-refractivity contribution in [2.75, 3.05) is 11.5 Å². The predicted molar refractivity (Wildman–Crippen MR) is 68.3 cm³/mol. The summed E-state index contributed by atoms with van der Waals surface area (Å²) in [5.41, 5.74) is 5.99. The number of rotatable bonds is 4. The van der Waals surface area contributed by atoms with Crippen molar-refractivity contribution >= 4 is 34.0 Å². The summed E-state index contributed by atoms with van der Waals surface area (Å²) in [5, 5.41) is 3.15. The highest BCUT2D eigenvalue weighted by Gasteiger charge is 2.24. The highest BCUT2D eigenvalue weighted by molar-refractivity contribution is 7.85. The lowest BCUT2D eigenvalue weighted by Crippen LogP contribution is -2.30. The fourth-order valence-corrected chi connectivity index (χ4v) is 2.55. The van der Waals surface area contributed by atoms with E-state index >= 15 is 0 Å². The molecule has 1 aromatic rings. The van der Waals surface area contributed by atoms with E-state index in [0.29, 0.717) is 15.6 Å². The van der Waals surface area contributed by atoms with E-state index in [-0.39, 0.29) is 17.7 Å². The monoisotopic (exact) mass is 272 g/mol. The van der Waals surface area contributed by atoms with E-state index in [1.165, 1.54) is 6.07 Å². The standard InChI is InChI=1S/C11H13ClN2O2S/c12-9-5-8(3-4-10(9)13)17(16)6-11(15)14-7-1-2-7/h3-5,7H,1-2,6,13H2,(H,14,15). The van der Waals surface area contributed by atoms with Crippen LogP contribution in [0.5, 0.6) is 0 Å². The Labute approximate surface area is 107 Å². The van der Waals surface area contributed by atoms with Crippen molar-refractivity contribution in [3.8, 4) is 0 Å². The number of nitrogen functional groups attached to an aromatic ring is 1. The molecule has 92 valence electrons. The molecule has 1 atom stereocenters. The third-order valence-corrected chi connectivity index (χ3v) is 4.07. The summed E-state index contributed by atoms with van der Waals surface area (Å²) in [6, 6.07) is 5.04. The number of amides is 1. The van der Waals surface area contributed by atoms with Crippen LogP contribution in [-0.4, -0.2) is 21.9 Å². The van der Waals surface area contributed by atoms with Crippen LogP contribution in [0.4, 0.5) is 5.69 Å². The van der Waals surface area contributed by atoms with Gasteiger partial charge < -0.3 is 11.1 Å². The number of hydrogen-bond acceptors (Lipinski definition) is 3. The van der Waals surface area contributed by atoms with E-state index in [0.717, 1.165) is 12.8 Å². The zero-order valence-corrected chi connectivity index (χ0v) is 10.7.